The Balaban J connectivity index is 1.79. The molecule has 5 aromatic rings. The number of aromatic nitrogens is 3. The molecule has 0 saturated carbocycles. The first-order valence-electron chi connectivity index (χ1n) is 12.0. The highest BCUT2D eigenvalue weighted by atomic mass is 35.5. The number of nitrogens with one attached hydrogen (secondary N) is 1. The predicted octanol–water partition coefficient (Wildman–Crippen LogP) is 5.72. The Morgan fingerprint density at radius 3 is 2.46 bits per heavy atom. The highest BCUT2D eigenvalue weighted by molar-refractivity contribution is 6.30. The molecule has 0 radical (unpaired) electrons. The topological polar surface area (TPSA) is 166 Å². The van der Waals surface area contributed by atoms with Crippen LogP contribution in [0.5, 0.6) is 0 Å². The second-order valence-electron chi connectivity index (χ2n) is 8.69. The van der Waals surface area contributed by atoms with E-state index in [2.05, 4.69) is 20.1 Å². The van der Waals surface area contributed by atoms with Gasteiger partial charge < -0.3 is 4.98 Å². The number of halogens is 1. The molecule has 2 heterocycles. The number of fused-ring (bicyclic) bond motifs is 1. The number of aromatic amines is 1. The molecule has 3 aromatic carbocycles. The van der Waals surface area contributed by atoms with Crippen molar-refractivity contribution in [3.63, 3.8) is 0 Å². The zero-order valence-electron chi connectivity index (χ0n) is 21.2. The van der Waals surface area contributed by atoms with Crippen LogP contribution in [0.4, 0.5) is 11.5 Å². The van der Waals surface area contributed by atoms with Crippen molar-refractivity contribution in [1.29, 1.82) is 10.5 Å². The van der Waals surface area contributed by atoms with Gasteiger partial charge in [0.15, 0.2) is 11.6 Å². The maximum absolute atomic E-state index is 13.8. The zero-order valence-corrected chi connectivity index (χ0v) is 22.0. The lowest BCUT2D eigenvalue weighted by molar-refractivity contribution is -0.384. The Labute approximate surface area is 237 Å². The van der Waals surface area contributed by atoms with E-state index in [4.69, 9.17) is 11.6 Å². The first-order valence-corrected chi connectivity index (χ1v) is 12.4. The van der Waals surface area contributed by atoms with Gasteiger partial charge in [-0.25, -0.2) is 9.98 Å². The van der Waals surface area contributed by atoms with Crippen molar-refractivity contribution in [2.45, 2.75) is 6.92 Å². The molecular weight excluding hydrogens is 544 g/mol. The molecule has 0 amide bonds. The Morgan fingerprint density at radius 2 is 1.80 bits per heavy atom. The third-order valence-corrected chi connectivity index (χ3v) is 6.32. The van der Waals surface area contributed by atoms with Crippen LogP contribution in [-0.2, 0) is 0 Å². The molecule has 11 nitrogen and oxygen atoms in total. The molecule has 5 rings (SSSR count). The highest BCUT2D eigenvalue weighted by Crippen LogP contribution is 2.33. The summed E-state index contributed by atoms with van der Waals surface area (Å²) in [6.07, 6.45) is 1.41. The van der Waals surface area contributed by atoms with Crippen molar-refractivity contribution >= 4 is 46.1 Å². The fourth-order valence-electron chi connectivity index (χ4n) is 4.16. The third kappa shape index (κ3) is 5.21. The molecule has 0 fully saturated rings. The maximum Gasteiger partial charge on any atom is 0.291 e. The molecule has 12 heteroatoms. The van der Waals surface area contributed by atoms with Crippen LogP contribution in [0.1, 0.15) is 29.4 Å². The molecule has 0 atom stereocenters. The summed E-state index contributed by atoms with van der Waals surface area (Å²) in [6, 6.07) is 23.2. The fourth-order valence-corrected chi connectivity index (χ4v) is 4.35. The van der Waals surface area contributed by atoms with E-state index in [0.29, 0.717) is 27.6 Å². The Bertz CT molecular complexity index is 2010. The summed E-state index contributed by atoms with van der Waals surface area (Å²) in [4.78, 5) is 36.4. The number of pyridine rings is 1. The Morgan fingerprint density at radius 1 is 1.07 bits per heavy atom. The summed E-state index contributed by atoms with van der Waals surface area (Å²) in [5.74, 6) is 0.222. The number of rotatable bonds is 6. The zero-order chi connectivity index (χ0) is 29.1. The quantitative estimate of drug-likeness (QED) is 0.158. The van der Waals surface area contributed by atoms with Crippen LogP contribution >= 0.6 is 11.6 Å². The van der Waals surface area contributed by atoms with E-state index in [1.807, 2.05) is 36.4 Å². The van der Waals surface area contributed by atoms with Crippen LogP contribution in [0.2, 0.25) is 5.02 Å². The molecule has 0 aliphatic rings. The number of hydrogen-bond acceptors (Lipinski definition) is 8. The maximum atomic E-state index is 13.8. The van der Waals surface area contributed by atoms with E-state index >= 15 is 0 Å². The van der Waals surface area contributed by atoms with Crippen molar-refractivity contribution < 1.29 is 4.92 Å². The van der Waals surface area contributed by atoms with Gasteiger partial charge in [0, 0.05) is 28.9 Å². The van der Waals surface area contributed by atoms with Crippen molar-refractivity contribution in [2.24, 2.45) is 10.1 Å². The van der Waals surface area contributed by atoms with Gasteiger partial charge in [0.2, 0.25) is 0 Å². The third-order valence-electron chi connectivity index (χ3n) is 6.09. The van der Waals surface area contributed by atoms with E-state index in [1.54, 1.807) is 31.2 Å². The van der Waals surface area contributed by atoms with Crippen molar-refractivity contribution in [3.05, 3.63) is 121 Å². The first kappa shape index (κ1) is 26.7. The number of imidazole rings is 1. The second-order valence-corrected chi connectivity index (χ2v) is 9.13. The van der Waals surface area contributed by atoms with Crippen LogP contribution in [0.3, 0.4) is 0 Å². The SMILES string of the molecule is C/C(=N\n1c(N=Cc2cccc(Cl)c2)c(C#N)c(-c2ccc([N+](=O)[O-])cc2)c(C#N)c1=O)c1nc2ccccc2[nH]1. The van der Waals surface area contributed by atoms with Gasteiger partial charge in [-0.15, -0.1) is 0 Å². The molecule has 0 saturated heterocycles. The monoisotopic (exact) mass is 560 g/mol. The number of nitriles is 2. The van der Waals surface area contributed by atoms with E-state index in [9.17, 15) is 25.4 Å². The van der Waals surface area contributed by atoms with Gasteiger partial charge in [0.05, 0.1) is 16.0 Å². The predicted molar refractivity (Wildman–Crippen MR) is 155 cm³/mol. The molecule has 0 bridgehead atoms. The van der Waals surface area contributed by atoms with Crippen molar-refractivity contribution in [2.75, 3.05) is 0 Å². The number of nitro groups is 1. The van der Waals surface area contributed by atoms with E-state index in [-0.39, 0.29) is 33.8 Å². The molecule has 0 spiro atoms. The van der Waals surface area contributed by atoms with Crippen LogP contribution in [0.25, 0.3) is 22.2 Å². The number of nitrogens with zero attached hydrogens (tertiary/aromatic N) is 7. The van der Waals surface area contributed by atoms with Gasteiger partial charge >= 0.3 is 0 Å². The molecule has 41 heavy (non-hydrogen) atoms. The van der Waals surface area contributed by atoms with Crippen LogP contribution in [0.15, 0.2) is 87.7 Å². The van der Waals surface area contributed by atoms with E-state index in [0.717, 1.165) is 10.2 Å². The molecule has 1 N–H and O–H groups in total. The van der Waals surface area contributed by atoms with Gasteiger partial charge in [-0.3, -0.25) is 14.9 Å². The standard InChI is InChI=1S/C29H17ClN8O3/c1-17(27-34-24-7-2-3-8-25(24)35-27)36-37-28(33-16-18-5-4-6-20(30)13-18)22(14-31)26(23(15-32)29(37)39)19-9-11-21(12-10-19)38(40)41/h2-13,16H,1H3,(H,34,35)/b33-16?,36-17+. The van der Waals surface area contributed by atoms with Gasteiger partial charge in [-0.05, 0) is 54.4 Å². The lowest BCUT2D eigenvalue weighted by Gasteiger charge is -2.13. The number of non-ortho nitro benzene ring substituents is 1. The summed E-state index contributed by atoms with van der Waals surface area (Å²) in [5.41, 5.74) is 1.02. The molecule has 0 aliphatic heterocycles. The minimum Gasteiger partial charge on any atom is -0.337 e. The van der Waals surface area contributed by atoms with Gasteiger partial charge in [0.1, 0.15) is 29.0 Å². The summed E-state index contributed by atoms with van der Waals surface area (Å²) in [6.45, 7) is 1.62. The normalized spacial score (nSPS) is 11.5. The molecule has 198 valence electrons. The summed E-state index contributed by atoms with van der Waals surface area (Å²) in [5, 5.41) is 36.4. The first-order chi connectivity index (χ1) is 19.8. The average Bonchev–Trinajstić information content (AvgIpc) is 3.42. The van der Waals surface area contributed by atoms with Crippen molar-refractivity contribution in [1.82, 2.24) is 14.6 Å². The molecule has 0 unspecified atom stereocenters. The molecular formula is C29H17ClN8O3. The number of aliphatic imine (C=N–C) groups is 1. The summed E-state index contributed by atoms with van der Waals surface area (Å²) >= 11 is 6.11. The van der Waals surface area contributed by atoms with Crippen molar-refractivity contribution in [3.8, 4) is 23.3 Å². The van der Waals surface area contributed by atoms with E-state index < -0.39 is 10.5 Å². The minimum atomic E-state index is -0.839. The Hall–Kier alpha value is -5.91. The van der Waals surface area contributed by atoms with E-state index in [1.165, 1.54) is 30.5 Å². The number of benzene rings is 3. The minimum absolute atomic E-state index is 0.0130. The van der Waals surface area contributed by atoms with Gasteiger partial charge in [-0.1, -0.05) is 35.9 Å². The molecule has 2 aromatic heterocycles. The smallest absolute Gasteiger partial charge is 0.291 e. The molecule has 0 aliphatic carbocycles. The number of para-hydroxylation sites is 2. The Kier molecular flexibility index (Phi) is 7.20. The number of hydrogen-bond donors (Lipinski definition) is 1. The largest absolute Gasteiger partial charge is 0.337 e. The van der Waals surface area contributed by atoms with Gasteiger partial charge in [-0.2, -0.15) is 20.3 Å². The van der Waals surface area contributed by atoms with Gasteiger partial charge in [0.25, 0.3) is 11.2 Å². The lowest BCUT2D eigenvalue weighted by atomic mass is 9.96. The number of H-pyrrole nitrogens is 1. The summed E-state index contributed by atoms with van der Waals surface area (Å²) in [7, 11) is 0. The van der Waals surface area contributed by atoms with Crippen LogP contribution < -0.4 is 5.56 Å². The van der Waals surface area contributed by atoms with Crippen LogP contribution in [-0.4, -0.2) is 31.5 Å². The highest BCUT2D eigenvalue weighted by Gasteiger charge is 2.24. The second kappa shape index (κ2) is 11.1. The lowest BCUT2D eigenvalue weighted by Crippen LogP contribution is -2.23. The van der Waals surface area contributed by atoms with Crippen LogP contribution in [0, 0.1) is 32.8 Å². The number of nitro benzene ring substituents is 1. The average molecular weight is 561 g/mol. The summed E-state index contributed by atoms with van der Waals surface area (Å²) < 4.78 is 0.884. The fraction of sp³-hybridized carbons (Fsp3) is 0.0345.